The van der Waals surface area contributed by atoms with Gasteiger partial charge in [-0.1, -0.05) is 24.3 Å². The number of ether oxygens (including phenoxy) is 2. The number of benzene rings is 2. The summed E-state index contributed by atoms with van der Waals surface area (Å²) in [5.74, 6) is 0.597. The summed E-state index contributed by atoms with van der Waals surface area (Å²) in [6.07, 6.45) is -0.140. The quantitative estimate of drug-likeness (QED) is 0.782. The van der Waals surface area contributed by atoms with E-state index >= 15 is 0 Å². The van der Waals surface area contributed by atoms with E-state index in [9.17, 15) is 9.18 Å². The molecule has 0 spiro atoms. The largest absolute Gasteiger partial charge is 0.497 e. The molecule has 1 atom stereocenters. The number of carbonyl (C=O) groups is 1. The molecule has 0 saturated carbocycles. The molecule has 0 aliphatic carbocycles. The van der Waals surface area contributed by atoms with E-state index in [1.807, 2.05) is 31.3 Å². The Kier molecular flexibility index (Phi) is 6.42. The molecule has 0 radical (unpaired) electrons. The fourth-order valence-electron chi connectivity index (χ4n) is 3.13. The van der Waals surface area contributed by atoms with Crippen LogP contribution < -0.4 is 4.74 Å². The van der Waals surface area contributed by atoms with Crippen molar-refractivity contribution in [3.63, 3.8) is 0 Å². The highest BCUT2D eigenvalue weighted by atomic mass is 19.1. The lowest BCUT2D eigenvalue weighted by Crippen LogP contribution is -2.44. The molecule has 6 heteroatoms. The second-order valence-corrected chi connectivity index (χ2v) is 6.74. The van der Waals surface area contributed by atoms with E-state index in [4.69, 9.17) is 9.47 Å². The van der Waals surface area contributed by atoms with Crippen molar-refractivity contribution in [2.45, 2.75) is 12.6 Å². The average Bonchev–Trinajstić information content (AvgIpc) is 2.69. The first-order valence-corrected chi connectivity index (χ1v) is 9.01. The minimum absolute atomic E-state index is 0.0607. The number of hydrogen-bond acceptors (Lipinski definition) is 4. The highest BCUT2D eigenvalue weighted by Gasteiger charge is 2.24. The highest BCUT2D eigenvalue weighted by molar-refractivity contribution is 5.78. The van der Waals surface area contributed by atoms with Crippen LogP contribution in [0, 0.1) is 5.82 Å². The van der Waals surface area contributed by atoms with Crippen LogP contribution in [0.25, 0.3) is 0 Å². The number of nitrogens with zero attached hydrogens (tertiary/aromatic N) is 2. The van der Waals surface area contributed by atoms with Crippen LogP contribution in [0.3, 0.4) is 0 Å². The van der Waals surface area contributed by atoms with E-state index in [-0.39, 0.29) is 17.8 Å². The fraction of sp³-hybridized carbons (Fsp3) is 0.381. The Balaban J connectivity index is 1.53. The van der Waals surface area contributed by atoms with Crippen molar-refractivity contribution in [1.82, 2.24) is 9.80 Å². The van der Waals surface area contributed by atoms with Crippen molar-refractivity contribution in [2.75, 3.05) is 40.4 Å². The van der Waals surface area contributed by atoms with Gasteiger partial charge in [0.05, 0.1) is 26.4 Å². The Morgan fingerprint density at radius 2 is 1.93 bits per heavy atom. The summed E-state index contributed by atoms with van der Waals surface area (Å²) in [5, 5.41) is 0. The molecule has 3 rings (SSSR count). The van der Waals surface area contributed by atoms with E-state index in [0.29, 0.717) is 32.8 Å². The van der Waals surface area contributed by atoms with Gasteiger partial charge in [-0.2, -0.15) is 0 Å². The lowest BCUT2D eigenvalue weighted by molar-refractivity contribution is -0.133. The first-order valence-electron chi connectivity index (χ1n) is 9.01. The molecule has 1 amide bonds. The third kappa shape index (κ3) is 5.28. The molecule has 2 aromatic rings. The van der Waals surface area contributed by atoms with Crippen LogP contribution in [-0.4, -0.2) is 56.1 Å². The van der Waals surface area contributed by atoms with Crippen LogP contribution in [0.2, 0.25) is 0 Å². The smallest absolute Gasteiger partial charge is 0.236 e. The SMILES string of the molecule is COc1ccc(CN(C)C(=O)CN2CCOC(c3ccc(F)cc3)C2)cc1. The van der Waals surface area contributed by atoms with Crippen LogP contribution in [0.4, 0.5) is 4.39 Å². The van der Waals surface area contributed by atoms with Crippen molar-refractivity contribution in [3.05, 3.63) is 65.5 Å². The molecule has 1 fully saturated rings. The highest BCUT2D eigenvalue weighted by Crippen LogP contribution is 2.22. The van der Waals surface area contributed by atoms with Gasteiger partial charge in [0, 0.05) is 26.7 Å². The number of likely N-dealkylation sites (N-methyl/N-ethyl adjacent to an activating group) is 1. The van der Waals surface area contributed by atoms with E-state index in [0.717, 1.165) is 16.9 Å². The molecule has 27 heavy (non-hydrogen) atoms. The van der Waals surface area contributed by atoms with Crippen LogP contribution in [0.15, 0.2) is 48.5 Å². The van der Waals surface area contributed by atoms with Gasteiger partial charge in [-0.25, -0.2) is 4.39 Å². The number of rotatable bonds is 6. The Morgan fingerprint density at radius 1 is 1.22 bits per heavy atom. The van der Waals surface area contributed by atoms with Crippen LogP contribution in [-0.2, 0) is 16.1 Å². The number of morpholine rings is 1. The van der Waals surface area contributed by atoms with Crippen molar-refractivity contribution in [1.29, 1.82) is 0 Å². The third-order valence-electron chi connectivity index (χ3n) is 4.76. The maximum atomic E-state index is 13.1. The van der Waals surface area contributed by atoms with Gasteiger partial charge >= 0.3 is 0 Å². The van der Waals surface area contributed by atoms with E-state index in [2.05, 4.69) is 4.90 Å². The van der Waals surface area contributed by atoms with Crippen LogP contribution >= 0.6 is 0 Å². The van der Waals surface area contributed by atoms with Crippen molar-refractivity contribution in [2.24, 2.45) is 0 Å². The topological polar surface area (TPSA) is 42.0 Å². The number of amides is 1. The molecule has 1 aliphatic rings. The summed E-state index contributed by atoms with van der Waals surface area (Å²) in [6.45, 7) is 2.77. The molecule has 0 N–H and O–H groups in total. The Bertz CT molecular complexity index is 749. The van der Waals surface area contributed by atoms with Crippen LogP contribution in [0.1, 0.15) is 17.2 Å². The molecule has 0 aromatic heterocycles. The van der Waals surface area contributed by atoms with Crippen LogP contribution in [0.5, 0.6) is 5.75 Å². The molecule has 1 saturated heterocycles. The van der Waals surface area contributed by atoms with E-state index in [1.165, 1.54) is 12.1 Å². The number of hydrogen-bond donors (Lipinski definition) is 0. The molecule has 2 aromatic carbocycles. The summed E-state index contributed by atoms with van der Waals surface area (Å²) in [4.78, 5) is 16.4. The molecule has 5 nitrogen and oxygen atoms in total. The molecule has 0 bridgehead atoms. The van der Waals surface area contributed by atoms with Gasteiger partial charge < -0.3 is 14.4 Å². The molecule has 1 aliphatic heterocycles. The zero-order valence-electron chi connectivity index (χ0n) is 15.7. The summed E-state index contributed by atoms with van der Waals surface area (Å²) < 4.78 is 24.1. The molecule has 1 unspecified atom stereocenters. The Hall–Kier alpha value is -2.44. The van der Waals surface area contributed by atoms with Gasteiger partial charge in [-0.15, -0.1) is 0 Å². The van der Waals surface area contributed by atoms with Gasteiger partial charge in [0.1, 0.15) is 11.6 Å². The van der Waals surface area contributed by atoms with E-state index < -0.39 is 0 Å². The predicted octanol–water partition coefficient (Wildman–Crippen LogP) is 2.87. The predicted molar refractivity (Wildman–Crippen MR) is 101 cm³/mol. The van der Waals surface area contributed by atoms with Gasteiger partial charge in [0.2, 0.25) is 5.91 Å². The summed E-state index contributed by atoms with van der Waals surface area (Å²) >= 11 is 0. The molecular weight excluding hydrogens is 347 g/mol. The Morgan fingerprint density at radius 3 is 2.59 bits per heavy atom. The van der Waals surface area contributed by atoms with Gasteiger partial charge in [-0.05, 0) is 35.4 Å². The van der Waals surface area contributed by atoms with Gasteiger partial charge in [0.15, 0.2) is 0 Å². The minimum atomic E-state index is -0.262. The summed E-state index contributed by atoms with van der Waals surface area (Å²) in [7, 11) is 3.44. The fourth-order valence-corrected chi connectivity index (χ4v) is 3.13. The zero-order valence-corrected chi connectivity index (χ0v) is 15.7. The average molecular weight is 372 g/mol. The van der Waals surface area contributed by atoms with Crippen molar-refractivity contribution >= 4 is 5.91 Å². The van der Waals surface area contributed by atoms with E-state index in [1.54, 1.807) is 24.1 Å². The first kappa shape index (κ1) is 19.3. The zero-order chi connectivity index (χ0) is 19.2. The summed E-state index contributed by atoms with van der Waals surface area (Å²) in [5.41, 5.74) is 1.98. The van der Waals surface area contributed by atoms with Gasteiger partial charge in [-0.3, -0.25) is 9.69 Å². The maximum absolute atomic E-state index is 13.1. The molecule has 1 heterocycles. The Labute approximate surface area is 159 Å². The van der Waals surface area contributed by atoms with Crippen molar-refractivity contribution < 1.29 is 18.7 Å². The maximum Gasteiger partial charge on any atom is 0.236 e. The molecule has 144 valence electrons. The van der Waals surface area contributed by atoms with Gasteiger partial charge in [0.25, 0.3) is 0 Å². The number of halogens is 1. The third-order valence-corrected chi connectivity index (χ3v) is 4.76. The summed E-state index contributed by atoms with van der Waals surface area (Å²) in [6, 6.07) is 14.1. The normalized spacial score (nSPS) is 17.5. The second-order valence-electron chi connectivity index (χ2n) is 6.74. The lowest BCUT2D eigenvalue weighted by Gasteiger charge is -2.33. The first-order chi connectivity index (χ1) is 13.0. The minimum Gasteiger partial charge on any atom is -0.497 e. The number of methoxy groups -OCH3 is 1. The number of carbonyl (C=O) groups excluding carboxylic acids is 1. The molecular formula is C21H25FN2O3. The second kappa shape index (κ2) is 8.97. The standard InChI is InChI=1S/C21H25FN2O3/c1-23(13-16-3-9-19(26-2)10-4-16)21(25)15-24-11-12-27-20(14-24)17-5-7-18(22)8-6-17/h3-10,20H,11-15H2,1-2H3. The lowest BCUT2D eigenvalue weighted by atomic mass is 10.1. The monoisotopic (exact) mass is 372 g/mol. The van der Waals surface area contributed by atoms with Crippen molar-refractivity contribution in [3.8, 4) is 5.75 Å².